The Hall–Kier alpha value is -2.48. The number of hydrogen-bond acceptors (Lipinski definition) is 5. The number of hydrogen-bond donors (Lipinski definition) is 1. The summed E-state index contributed by atoms with van der Waals surface area (Å²) >= 11 is 0. The monoisotopic (exact) mass is 304 g/mol. The maximum Gasteiger partial charge on any atom is 0.334 e. The van der Waals surface area contributed by atoms with Crippen molar-refractivity contribution in [2.75, 3.05) is 19.7 Å². The van der Waals surface area contributed by atoms with Gasteiger partial charge in [-0.15, -0.1) is 0 Å². The number of aryl methyl sites for hydroxylation is 2. The van der Waals surface area contributed by atoms with Crippen molar-refractivity contribution in [3.63, 3.8) is 0 Å². The van der Waals surface area contributed by atoms with Gasteiger partial charge >= 0.3 is 5.97 Å². The van der Waals surface area contributed by atoms with Gasteiger partial charge in [0.15, 0.2) is 11.8 Å². The number of morpholine rings is 1. The van der Waals surface area contributed by atoms with Crippen molar-refractivity contribution in [3.8, 4) is 0 Å². The van der Waals surface area contributed by atoms with Crippen molar-refractivity contribution < 1.29 is 19.4 Å². The maximum absolute atomic E-state index is 12.6. The van der Waals surface area contributed by atoms with Crippen LogP contribution in [0.4, 0.5) is 0 Å². The molecule has 1 N–H and O–H groups in total. The van der Waals surface area contributed by atoms with E-state index in [0.717, 1.165) is 11.4 Å². The Bertz CT molecular complexity index is 755. The Balaban J connectivity index is 1.94. The molecule has 1 aliphatic rings. The van der Waals surface area contributed by atoms with E-state index in [1.165, 1.54) is 11.1 Å². The Labute approximate surface area is 126 Å². The summed E-state index contributed by atoms with van der Waals surface area (Å²) in [4.78, 5) is 29.5. The van der Waals surface area contributed by atoms with Crippen molar-refractivity contribution >= 4 is 17.5 Å². The second-order valence-corrected chi connectivity index (χ2v) is 5.28. The fourth-order valence-electron chi connectivity index (χ4n) is 2.57. The topological polar surface area (TPSA) is 97.0 Å². The van der Waals surface area contributed by atoms with E-state index in [2.05, 4.69) is 10.1 Å². The fraction of sp³-hybridized carbons (Fsp3) is 0.429. The molecule has 1 aliphatic heterocycles. The van der Waals surface area contributed by atoms with Crippen molar-refractivity contribution in [2.45, 2.75) is 20.0 Å². The maximum atomic E-state index is 12.6. The fourth-order valence-corrected chi connectivity index (χ4v) is 2.57. The van der Waals surface area contributed by atoms with E-state index in [1.807, 2.05) is 19.9 Å². The third kappa shape index (κ3) is 2.41. The summed E-state index contributed by atoms with van der Waals surface area (Å²) in [6.45, 7) is 4.32. The Morgan fingerprint density at radius 2 is 2.18 bits per heavy atom. The lowest BCUT2D eigenvalue weighted by Gasteiger charge is -2.30. The molecule has 22 heavy (non-hydrogen) atoms. The molecule has 0 saturated carbocycles. The van der Waals surface area contributed by atoms with Crippen LogP contribution in [0.1, 0.15) is 21.7 Å². The molecule has 3 rings (SSSR count). The second-order valence-electron chi connectivity index (χ2n) is 5.28. The quantitative estimate of drug-likeness (QED) is 0.855. The molecule has 0 aliphatic carbocycles. The number of rotatable bonds is 2. The molecule has 8 nitrogen and oxygen atoms in total. The van der Waals surface area contributed by atoms with Crippen LogP contribution in [0.15, 0.2) is 12.3 Å². The minimum atomic E-state index is -1.07. The van der Waals surface area contributed by atoms with Gasteiger partial charge in [-0.05, 0) is 19.9 Å². The van der Waals surface area contributed by atoms with Crippen LogP contribution in [0.3, 0.4) is 0 Å². The van der Waals surface area contributed by atoms with E-state index >= 15 is 0 Å². The molecular weight excluding hydrogens is 288 g/mol. The molecule has 0 bridgehead atoms. The first-order valence-electron chi connectivity index (χ1n) is 6.93. The summed E-state index contributed by atoms with van der Waals surface area (Å²) < 4.78 is 6.74. The van der Waals surface area contributed by atoms with Gasteiger partial charge < -0.3 is 14.7 Å². The van der Waals surface area contributed by atoms with E-state index in [0.29, 0.717) is 17.8 Å². The summed E-state index contributed by atoms with van der Waals surface area (Å²) in [6, 6.07) is 1.88. The SMILES string of the molecule is Cc1cc(C)n2ncc(C(=O)N3CCO[C@H](C(=O)O)C3)c2n1. The predicted octanol–water partition coefficient (Wildman–Crippen LogP) is 0.272. The summed E-state index contributed by atoms with van der Waals surface area (Å²) in [5, 5.41) is 13.2. The van der Waals surface area contributed by atoms with Crippen LogP contribution in [0, 0.1) is 13.8 Å². The van der Waals surface area contributed by atoms with Crippen LogP contribution < -0.4 is 0 Å². The van der Waals surface area contributed by atoms with Crippen molar-refractivity contribution in [2.24, 2.45) is 0 Å². The van der Waals surface area contributed by atoms with Gasteiger partial charge in [0.05, 0.1) is 19.3 Å². The van der Waals surface area contributed by atoms with Gasteiger partial charge in [0, 0.05) is 17.9 Å². The average Bonchev–Trinajstić information content (AvgIpc) is 2.90. The number of ether oxygens (including phenoxy) is 1. The zero-order valence-electron chi connectivity index (χ0n) is 12.3. The van der Waals surface area contributed by atoms with E-state index in [-0.39, 0.29) is 19.1 Å². The zero-order valence-corrected chi connectivity index (χ0v) is 12.3. The molecule has 116 valence electrons. The number of nitrogens with zero attached hydrogens (tertiary/aromatic N) is 4. The lowest BCUT2D eigenvalue weighted by molar-refractivity contribution is -0.154. The highest BCUT2D eigenvalue weighted by atomic mass is 16.5. The van der Waals surface area contributed by atoms with Gasteiger partial charge in [0.2, 0.25) is 0 Å². The highest BCUT2D eigenvalue weighted by Crippen LogP contribution is 2.16. The molecule has 1 fully saturated rings. The number of carboxylic acid groups (broad SMARTS) is 1. The van der Waals surface area contributed by atoms with Gasteiger partial charge in [0.1, 0.15) is 5.56 Å². The summed E-state index contributed by atoms with van der Waals surface area (Å²) in [5.41, 5.74) is 2.54. The van der Waals surface area contributed by atoms with Crippen LogP contribution >= 0.6 is 0 Å². The largest absolute Gasteiger partial charge is 0.479 e. The number of aliphatic carboxylic acids is 1. The molecule has 3 heterocycles. The minimum absolute atomic E-state index is 0.0241. The standard InChI is InChI=1S/C14H16N4O4/c1-8-5-9(2)18-12(16-8)10(6-15-18)13(19)17-3-4-22-11(7-17)14(20)21/h5-6,11H,3-4,7H2,1-2H3,(H,20,21)/t11-/m0/s1. The number of amides is 1. The second kappa shape index (κ2) is 5.38. The van der Waals surface area contributed by atoms with Crippen LogP contribution in [-0.4, -0.2) is 62.3 Å². The van der Waals surface area contributed by atoms with Gasteiger partial charge in [-0.3, -0.25) is 4.79 Å². The summed E-state index contributed by atoms with van der Waals surface area (Å²) in [5.74, 6) is -1.34. The van der Waals surface area contributed by atoms with E-state index in [4.69, 9.17) is 9.84 Å². The Morgan fingerprint density at radius 3 is 2.91 bits per heavy atom. The highest BCUT2D eigenvalue weighted by Gasteiger charge is 2.31. The average molecular weight is 304 g/mol. The number of carboxylic acids is 1. The molecule has 0 spiro atoms. The summed E-state index contributed by atoms with van der Waals surface area (Å²) in [7, 11) is 0. The van der Waals surface area contributed by atoms with Gasteiger partial charge in [-0.2, -0.15) is 5.10 Å². The van der Waals surface area contributed by atoms with Crippen LogP contribution in [0.5, 0.6) is 0 Å². The molecule has 2 aromatic rings. The number of aromatic nitrogens is 3. The normalized spacial score (nSPS) is 18.6. The molecule has 2 aromatic heterocycles. The van der Waals surface area contributed by atoms with Crippen molar-refractivity contribution in [1.82, 2.24) is 19.5 Å². The number of carbonyl (C=O) groups is 2. The lowest BCUT2D eigenvalue weighted by Crippen LogP contribution is -2.48. The van der Waals surface area contributed by atoms with Crippen LogP contribution in [-0.2, 0) is 9.53 Å². The molecule has 1 amide bonds. The minimum Gasteiger partial charge on any atom is -0.479 e. The summed E-state index contributed by atoms with van der Waals surface area (Å²) in [6.07, 6.45) is 0.485. The van der Waals surface area contributed by atoms with Gasteiger partial charge in [-0.25, -0.2) is 14.3 Å². The first kappa shape index (κ1) is 14.5. The van der Waals surface area contributed by atoms with Gasteiger partial charge in [-0.1, -0.05) is 0 Å². The number of fused-ring (bicyclic) bond motifs is 1. The van der Waals surface area contributed by atoms with Crippen molar-refractivity contribution in [1.29, 1.82) is 0 Å². The first-order chi connectivity index (χ1) is 10.5. The van der Waals surface area contributed by atoms with Gasteiger partial charge in [0.25, 0.3) is 5.91 Å². The smallest absolute Gasteiger partial charge is 0.334 e. The van der Waals surface area contributed by atoms with Crippen LogP contribution in [0.25, 0.3) is 5.65 Å². The molecule has 1 saturated heterocycles. The molecular formula is C14H16N4O4. The van der Waals surface area contributed by atoms with Crippen molar-refractivity contribution in [3.05, 3.63) is 29.2 Å². The molecule has 1 atom stereocenters. The molecule has 8 heteroatoms. The first-order valence-corrected chi connectivity index (χ1v) is 6.93. The molecule has 0 unspecified atom stereocenters. The third-order valence-corrected chi connectivity index (χ3v) is 3.64. The van der Waals surface area contributed by atoms with Crippen LogP contribution in [0.2, 0.25) is 0 Å². The Kier molecular flexibility index (Phi) is 3.53. The highest BCUT2D eigenvalue weighted by molar-refractivity contribution is 6.00. The van der Waals surface area contributed by atoms with E-state index < -0.39 is 12.1 Å². The van der Waals surface area contributed by atoms with E-state index in [9.17, 15) is 9.59 Å². The third-order valence-electron chi connectivity index (χ3n) is 3.64. The molecule has 0 radical (unpaired) electrons. The molecule has 0 aromatic carbocycles. The van der Waals surface area contributed by atoms with E-state index in [1.54, 1.807) is 4.52 Å². The number of carbonyl (C=O) groups excluding carboxylic acids is 1. The predicted molar refractivity (Wildman–Crippen MR) is 75.7 cm³/mol. The Morgan fingerprint density at radius 1 is 1.41 bits per heavy atom. The lowest BCUT2D eigenvalue weighted by atomic mass is 10.2. The zero-order chi connectivity index (χ0) is 15.9.